The molecule has 3 aromatic rings. The Morgan fingerprint density at radius 1 is 1.07 bits per heavy atom. The normalized spacial score (nSPS) is 16.3. The predicted molar refractivity (Wildman–Crippen MR) is 116 cm³/mol. The van der Waals surface area contributed by atoms with E-state index in [9.17, 15) is 4.79 Å². The van der Waals surface area contributed by atoms with Crippen molar-refractivity contribution in [2.24, 2.45) is 0 Å². The maximum absolute atomic E-state index is 13.0. The Labute approximate surface area is 171 Å². The fourth-order valence-corrected chi connectivity index (χ4v) is 4.62. The Bertz CT molecular complexity index is 1030. The molecule has 0 atom stereocenters. The van der Waals surface area contributed by atoms with Gasteiger partial charge in [-0.1, -0.05) is 18.2 Å². The minimum Gasteiger partial charge on any atom is -0.492 e. The highest BCUT2D eigenvalue weighted by Crippen LogP contribution is 2.32. The Morgan fingerprint density at radius 2 is 1.93 bits per heavy atom. The molecule has 0 radical (unpaired) electrons. The second-order valence-electron chi connectivity index (χ2n) is 8.04. The molecule has 2 N–H and O–H groups in total. The van der Waals surface area contributed by atoms with Crippen LogP contribution in [-0.2, 0) is 12.8 Å². The lowest BCUT2D eigenvalue weighted by atomic mass is 10.1. The fraction of sp³-hybridized carbons (Fsp3) is 0.375. The molecule has 29 heavy (non-hydrogen) atoms. The van der Waals surface area contributed by atoms with Gasteiger partial charge in [0.2, 0.25) is 0 Å². The number of ether oxygens (including phenoxy) is 1. The average Bonchev–Trinajstić information content (AvgIpc) is 3.45. The van der Waals surface area contributed by atoms with Crippen LogP contribution in [0.5, 0.6) is 5.75 Å². The van der Waals surface area contributed by atoms with E-state index in [-0.39, 0.29) is 5.91 Å². The molecule has 5 nitrogen and oxygen atoms in total. The van der Waals surface area contributed by atoms with Crippen LogP contribution in [0.1, 0.15) is 40.9 Å². The van der Waals surface area contributed by atoms with Crippen molar-refractivity contribution in [3.05, 3.63) is 59.3 Å². The SMILES string of the molecule is O=C(Nc1cccc(OCCN2CCCC2)c1)c1cccc2c3c([nH]c12)CCC3. The molecule has 5 rings (SSSR count). The second kappa shape index (κ2) is 7.91. The van der Waals surface area contributed by atoms with Gasteiger partial charge in [0.25, 0.3) is 5.91 Å². The number of hydrogen-bond acceptors (Lipinski definition) is 3. The molecule has 0 saturated carbocycles. The maximum Gasteiger partial charge on any atom is 0.257 e. The van der Waals surface area contributed by atoms with Crippen molar-refractivity contribution in [3.8, 4) is 5.75 Å². The van der Waals surface area contributed by atoms with Crippen molar-refractivity contribution in [1.29, 1.82) is 0 Å². The van der Waals surface area contributed by atoms with Crippen LogP contribution >= 0.6 is 0 Å². The molecule has 0 unspecified atom stereocenters. The summed E-state index contributed by atoms with van der Waals surface area (Å²) < 4.78 is 5.91. The largest absolute Gasteiger partial charge is 0.492 e. The number of aromatic nitrogens is 1. The molecule has 2 aromatic carbocycles. The van der Waals surface area contributed by atoms with Crippen LogP contribution < -0.4 is 10.1 Å². The summed E-state index contributed by atoms with van der Waals surface area (Å²) in [6.45, 7) is 3.97. The van der Waals surface area contributed by atoms with E-state index in [1.54, 1.807) is 0 Å². The highest BCUT2D eigenvalue weighted by Gasteiger charge is 2.20. The van der Waals surface area contributed by atoms with E-state index in [2.05, 4.69) is 21.3 Å². The average molecular weight is 389 g/mol. The minimum absolute atomic E-state index is 0.0928. The lowest BCUT2D eigenvalue weighted by Crippen LogP contribution is -2.25. The van der Waals surface area contributed by atoms with Gasteiger partial charge in [0.1, 0.15) is 12.4 Å². The number of benzene rings is 2. The first kappa shape index (κ1) is 18.3. The smallest absolute Gasteiger partial charge is 0.257 e. The number of carbonyl (C=O) groups excluding carboxylic acids is 1. The Hall–Kier alpha value is -2.79. The first-order valence-corrected chi connectivity index (χ1v) is 10.7. The summed E-state index contributed by atoms with van der Waals surface area (Å²) >= 11 is 0. The van der Waals surface area contributed by atoms with E-state index in [4.69, 9.17) is 4.74 Å². The molecule has 150 valence electrons. The van der Waals surface area contributed by atoms with Crippen molar-refractivity contribution in [1.82, 2.24) is 9.88 Å². The van der Waals surface area contributed by atoms with Crippen LogP contribution in [0.3, 0.4) is 0 Å². The molecule has 2 aliphatic rings. The molecule has 1 aliphatic heterocycles. The second-order valence-corrected chi connectivity index (χ2v) is 8.04. The summed E-state index contributed by atoms with van der Waals surface area (Å²) in [5.74, 6) is 0.698. The van der Waals surface area contributed by atoms with E-state index in [0.717, 1.165) is 36.3 Å². The third-order valence-electron chi connectivity index (χ3n) is 6.09. The Kier molecular flexibility index (Phi) is 4.98. The zero-order valence-electron chi connectivity index (χ0n) is 16.7. The molecule has 2 heterocycles. The monoisotopic (exact) mass is 389 g/mol. The van der Waals surface area contributed by atoms with Gasteiger partial charge in [0.15, 0.2) is 0 Å². The first-order chi connectivity index (χ1) is 14.3. The molecule has 0 spiro atoms. The fourth-order valence-electron chi connectivity index (χ4n) is 4.62. The molecule has 5 heteroatoms. The highest BCUT2D eigenvalue weighted by molar-refractivity contribution is 6.12. The van der Waals surface area contributed by atoms with E-state index in [0.29, 0.717) is 12.2 Å². The summed E-state index contributed by atoms with van der Waals surface area (Å²) in [7, 11) is 0. The van der Waals surface area contributed by atoms with E-state index in [1.807, 2.05) is 36.4 Å². The van der Waals surface area contributed by atoms with Gasteiger partial charge in [0.05, 0.1) is 11.1 Å². The van der Waals surface area contributed by atoms with Crippen LogP contribution in [0.15, 0.2) is 42.5 Å². The van der Waals surface area contributed by atoms with Crippen LogP contribution in [0, 0.1) is 0 Å². The van der Waals surface area contributed by atoms with Crippen molar-refractivity contribution in [2.45, 2.75) is 32.1 Å². The van der Waals surface area contributed by atoms with Gasteiger partial charge in [-0.3, -0.25) is 9.69 Å². The molecule has 1 aromatic heterocycles. The molecule has 1 saturated heterocycles. The lowest BCUT2D eigenvalue weighted by molar-refractivity contribution is 0.102. The number of amides is 1. The summed E-state index contributed by atoms with van der Waals surface area (Å²) in [6, 6.07) is 13.6. The minimum atomic E-state index is -0.0928. The van der Waals surface area contributed by atoms with Crippen molar-refractivity contribution >= 4 is 22.5 Å². The number of aryl methyl sites for hydroxylation is 2. The molecular weight excluding hydrogens is 362 g/mol. The van der Waals surface area contributed by atoms with Gasteiger partial charge in [0, 0.05) is 29.4 Å². The lowest BCUT2D eigenvalue weighted by Gasteiger charge is -2.15. The maximum atomic E-state index is 13.0. The van der Waals surface area contributed by atoms with Gasteiger partial charge in [-0.15, -0.1) is 0 Å². The third-order valence-corrected chi connectivity index (χ3v) is 6.09. The number of fused-ring (bicyclic) bond motifs is 3. The van der Waals surface area contributed by atoms with Crippen LogP contribution in [-0.4, -0.2) is 42.0 Å². The predicted octanol–water partition coefficient (Wildman–Crippen LogP) is 4.38. The zero-order chi connectivity index (χ0) is 19.6. The molecule has 0 bridgehead atoms. The first-order valence-electron chi connectivity index (χ1n) is 10.7. The van der Waals surface area contributed by atoms with Gasteiger partial charge in [-0.05, 0) is 69.0 Å². The Balaban J connectivity index is 1.28. The molecule has 1 fully saturated rings. The van der Waals surface area contributed by atoms with Crippen LogP contribution in [0.2, 0.25) is 0 Å². The highest BCUT2D eigenvalue weighted by atomic mass is 16.5. The number of aromatic amines is 1. The van der Waals surface area contributed by atoms with Crippen LogP contribution in [0.25, 0.3) is 10.9 Å². The molecule has 1 aliphatic carbocycles. The van der Waals surface area contributed by atoms with Crippen molar-refractivity contribution < 1.29 is 9.53 Å². The number of likely N-dealkylation sites (tertiary alicyclic amines) is 1. The van der Waals surface area contributed by atoms with Crippen molar-refractivity contribution in [2.75, 3.05) is 31.6 Å². The number of nitrogens with one attached hydrogen (secondary N) is 2. The number of rotatable bonds is 6. The van der Waals surface area contributed by atoms with E-state index < -0.39 is 0 Å². The molecule has 1 amide bonds. The molecular formula is C24H27N3O2. The van der Waals surface area contributed by atoms with E-state index in [1.165, 1.54) is 49.0 Å². The number of para-hydroxylation sites is 1. The standard InChI is InChI=1S/C24H27N3O2/c28-24(21-10-4-9-20-19-8-5-11-22(19)26-23(20)21)25-17-6-3-7-18(16-17)29-15-14-27-12-1-2-13-27/h3-4,6-7,9-10,16,26H,1-2,5,8,11-15H2,(H,25,28). The van der Waals surface area contributed by atoms with Crippen molar-refractivity contribution in [3.63, 3.8) is 0 Å². The number of H-pyrrole nitrogens is 1. The van der Waals surface area contributed by atoms with Gasteiger partial charge < -0.3 is 15.0 Å². The van der Waals surface area contributed by atoms with E-state index >= 15 is 0 Å². The third kappa shape index (κ3) is 3.75. The summed E-state index contributed by atoms with van der Waals surface area (Å²) in [5, 5.41) is 4.22. The number of carbonyl (C=O) groups is 1. The number of hydrogen-bond donors (Lipinski definition) is 2. The number of anilines is 1. The summed E-state index contributed by atoms with van der Waals surface area (Å²) in [6.07, 6.45) is 5.94. The number of nitrogens with zero attached hydrogens (tertiary/aromatic N) is 1. The quantitative estimate of drug-likeness (QED) is 0.658. The topological polar surface area (TPSA) is 57.4 Å². The van der Waals surface area contributed by atoms with Gasteiger partial charge in [-0.2, -0.15) is 0 Å². The summed E-state index contributed by atoms with van der Waals surface area (Å²) in [5.41, 5.74) is 5.06. The van der Waals surface area contributed by atoms with Gasteiger partial charge >= 0.3 is 0 Å². The Morgan fingerprint density at radius 3 is 2.83 bits per heavy atom. The van der Waals surface area contributed by atoms with Crippen LogP contribution in [0.4, 0.5) is 5.69 Å². The zero-order valence-corrected chi connectivity index (χ0v) is 16.7. The summed E-state index contributed by atoms with van der Waals surface area (Å²) in [4.78, 5) is 18.9. The van der Waals surface area contributed by atoms with Gasteiger partial charge in [-0.25, -0.2) is 0 Å².